The standard InChI is InChI=1S/C39H60O5/c1-3-5-7-9-11-13-15-17-19-21-23-25-27-29-31-33-38(41)43-36-37(35-40)44-39(42)34-32-30-28-26-24-22-20-18-16-14-12-10-8-6-4-2/h5-8,11-14,17-20,23-26,37,40H,3-4,9-10,15-16,21-22,27-36H2,1-2H3. The molecule has 0 fully saturated rings. The number of aliphatic hydroxyl groups is 1. The Morgan fingerprint density at radius 3 is 1.27 bits per heavy atom. The Kier molecular flexibility index (Phi) is 31.8. The second kappa shape index (κ2) is 34.3. The molecule has 1 atom stereocenters. The Bertz CT molecular complexity index is 917. The minimum atomic E-state index is -0.815. The van der Waals surface area contributed by atoms with Crippen LogP contribution < -0.4 is 0 Å². The Balaban J connectivity index is 3.79. The first-order valence-corrected chi connectivity index (χ1v) is 16.8. The van der Waals surface area contributed by atoms with Gasteiger partial charge in [0.2, 0.25) is 0 Å². The summed E-state index contributed by atoms with van der Waals surface area (Å²) < 4.78 is 10.5. The number of unbranched alkanes of at least 4 members (excludes halogenated alkanes) is 4. The Labute approximate surface area is 268 Å². The monoisotopic (exact) mass is 608 g/mol. The van der Waals surface area contributed by atoms with Crippen LogP contribution in [0.5, 0.6) is 0 Å². The zero-order valence-electron chi connectivity index (χ0n) is 27.6. The van der Waals surface area contributed by atoms with Crippen molar-refractivity contribution in [3.05, 3.63) is 97.2 Å². The van der Waals surface area contributed by atoms with Gasteiger partial charge in [0.25, 0.3) is 0 Å². The van der Waals surface area contributed by atoms with Crippen LogP contribution in [0.15, 0.2) is 97.2 Å². The van der Waals surface area contributed by atoms with E-state index in [1.807, 2.05) is 0 Å². The third kappa shape index (κ3) is 31.7. The Hall–Kier alpha value is -3.18. The van der Waals surface area contributed by atoms with Gasteiger partial charge in [0.15, 0.2) is 6.10 Å². The van der Waals surface area contributed by atoms with E-state index in [2.05, 4.69) is 111 Å². The van der Waals surface area contributed by atoms with Crippen LogP contribution in [0, 0.1) is 0 Å². The zero-order chi connectivity index (χ0) is 32.2. The SMILES string of the molecule is CCC=CCC=CCC=CCC=CCCCCC(=O)OCC(CO)OC(=O)CCCCC=CCC=CCC=CCC=CCC. The molecule has 1 N–H and O–H groups in total. The van der Waals surface area contributed by atoms with Crippen molar-refractivity contribution in [1.82, 2.24) is 0 Å². The largest absolute Gasteiger partial charge is 0.462 e. The molecule has 0 aliphatic carbocycles. The molecule has 0 aromatic carbocycles. The van der Waals surface area contributed by atoms with Gasteiger partial charge in [-0.25, -0.2) is 0 Å². The molecule has 0 radical (unpaired) electrons. The summed E-state index contributed by atoms with van der Waals surface area (Å²) in [4.78, 5) is 24.1. The first-order valence-electron chi connectivity index (χ1n) is 16.8. The van der Waals surface area contributed by atoms with Gasteiger partial charge in [-0.05, 0) is 89.9 Å². The molecule has 0 heterocycles. The minimum absolute atomic E-state index is 0.111. The highest BCUT2D eigenvalue weighted by molar-refractivity contribution is 5.70. The Morgan fingerprint density at radius 2 is 0.886 bits per heavy atom. The van der Waals surface area contributed by atoms with Gasteiger partial charge < -0.3 is 14.6 Å². The van der Waals surface area contributed by atoms with Crippen molar-refractivity contribution in [2.45, 2.75) is 123 Å². The number of rotatable bonds is 28. The summed E-state index contributed by atoms with van der Waals surface area (Å²) in [6, 6.07) is 0. The van der Waals surface area contributed by atoms with Crippen molar-refractivity contribution in [3.8, 4) is 0 Å². The normalized spacial score (nSPS) is 13.4. The van der Waals surface area contributed by atoms with Crippen LogP contribution in [0.3, 0.4) is 0 Å². The maximum Gasteiger partial charge on any atom is 0.306 e. The highest BCUT2D eigenvalue weighted by Crippen LogP contribution is 2.07. The van der Waals surface area contributed by atoms with Gasteiger partial charge in [0, 0.05) is 12.8 Å². The van der Waals surface area contributed by atoms with Crippen molar-refractivity contribution in [1.29, 1.82) is 0 Å². The molecule has 246 valence electrons. The first-order chi connectivity index (χ1) is 21.6. The van der Waals surface area contributed by atoms with Crippen LogP contribution >= 0.6 is 0 Å². The van der Waals surface area contributed by atoms with Gasteiger partial charge >= 0.3 is 11.9 Å². The molecule has 0 aromatic rings. The summed E-state index contributed by atoms with van der Waals surface area (Å²) in [5.41, 5.74) is 0. The average molecular weight is 609 g/mol. The molecule has 44 heavy (non-hydrogen) atoms. The summed E-state index contributed by atoms with van der Waals surface area (Å²) in [7, 11) is 0. The van der Waals surface area contributed by atoms with Gasteiger partial charge in [-0.2, -0.15) is 0 Å². The Morgan fingerprint density at radius 1 is 0.523 bits per heavy atom. The first kappa shape index (κ1) is 40.8. The van der Waals surface area contributed by atoms with Crippen molar-refractivity contribution >= 4 is 11.9 Å². The fourth-order valence-corrected chi connectivity index (χ4v) is 3.89. The number of esters is 2. The van der Waals surface area contributed by atoms with Gasteiger partial charge in [-0.15, -0.1) is 0 Å². The molecule has 0 rings (SSSR count). The number of ether oxygens (including phenoxy) is 2. The molecule has 5 nitrogen and oxygen atoms in total. The topological polar surface area (TPSA) is 72.8 Å². The lowest BCUT2D eigenvalue weighted by atomic mass is 10.1. The molecule has 1 unspecified atom stereocenters. The van der Waals surface area contributed by atoms with Crippen molar-refractivity contribution in [2.75, 3.05) is 13.2 Å². The van der Waals surface area contributed by atoms with E-state index in [-0.39, 0.29) is 31.6 Å². The smallest absolute Gasteiger partial charge is 0.306 e. The van der Waals surface area contributed by atoms with E-state index < -0.39 is 6.10 Å². The van der Waals surface area contributed by atoms with Crippen LogP contribution in [0.4, 0.5) is 0 Å². The maximum atomic E-state index is 12.1. The number of carbonyl (C=O) groups excluding carboxylic acids is 2. The van der Waals surface area contributed by atoms with Crippen molar-refractivity contribution < 1.29 is 24.2 Å². The second-order valence-corrected chi connectivity index (χ2v) is 10.5. The molecular formula is C39H60O5. The highest BCUT2D eigenvalue weighted by atomic mass is 16.6. The molecule has 0 amide bonds. The number of aliphatic hydroxyl groups excluding tert-OH is 1. The highest BCUT2D eigenvalue weighted by Gasteiger charge is 2.15. The van der Waals surface area contributed by atoms with Gasteiger partial charge in [0.1, 0.15) is 6.61 Å². The van der Waals surface area contributed by atoms with Gasteiger partial charge in [-0.3, -0.25) is 9.59 Å². The fraction of sp³-hybridized carbons (Fsp3) is 0.538. The van der Waals surface area contributed by atoms with Gasteiger partial charge in [0.05, 0.1) is 6.61 Å². The molecule has 0 bridgehead atoms. The quantitative estimate of drug-likeness (QED) is 0.0543. The predicted molar refractivity (Wildman–Crippen MR) is 186 cm³/mol. The molecule has 0 aliphatic rings. The van der Waals surface area contributed by atoms with Crippen LogP contribution in [0.25, 0.3) is 0 Å². The number of hydrogen-bond donors (Lipinski definition) is 1. The molecule has 0 spiro atoms. The molecule has 0 saturated heterocycles. The predicted octanol–water partition coefficient (Wildman–Crippen LogP) is 10.2. The van der Waals surface area contributed by atoms with E-state index >= 15 is 0 Å². The third-order valence-electron chi connectivity index (χ3n) is 6.37. The molecular weight excluding hydrogens is 548 g/mol. The number of hydrogen-bond acceptors (Lipinski definition) is 5. The third-order valence-corrected chi connectivity index (χ3v) is 6.37. The van der Waals surface area contributed by atoms with E-state index in [9.17, 15) is 14.7 Å². The lowest BCUT2D eigenvalue weighted by Crippen LogP contribution is -2.28. The molecule has 0 aliphatic heterocycles. The van der Waals surface area contributed by atoms with Crippen LogP contribution in [0.1, 0.15) is 117 Å². The van der Waals surface area contributed by atoms with Crippen LogP contribution in [0.2, 0.25) is 0 Å². The van der Waals surface area contributed by atoms with Crippen molar-refractivity contribution in [2.24, 2.45) is 0 Å². The summed E-state index contributed by atoms with van der Waals surface area (Å²) in [6.45, 7) is 3.80. The maximum absolute atomic E-state index is 12.1. The van der Waals surface area contributed by atoms with E-state index in [1.165, 1.54) is 0 Å². The molecule has 5 heteroatoms. The zero-order valence-corrected chi connectivity index (χ0v) is 27.6. The number of allylic oxidation sites excluding steroid dienone is 16. The van der Waals surface area contributed by atoms with E-state index in [0.29, 0.717) is 12.8 Å². The lowest BCUT2D eigenvalue weighted by Gasteiger charge is -2.15. The van der Waals surface area contributed by atoms with E-state index in [0.717, 1.165) is 83.5 Å². The second-order valence-electron chi connectivity index (χ2n) is 10.5. The molecule has 0 saturated carbocycles. The van der Waals surface area contributed by atoms with Crippen LogP contribution in [-0.4, -0.2) is 36.4 Å². The summed E-state index contributed by atoms with van der Waals surface area (Å²) >= 11 is 0. The summed E-state index contributed by atoms with van der Waals surface area (Å²) in [5, 5.41) is 9.50. The van der Waals surface area contributed by atoms with Gasteiger partial charge in [-0.1, -0.05) is 111 Å². The van der Waals surface area contributed by atoms with E-state index in [1.54, 1.807) is 0 Å². The lowest BCUT2D eigenvalue weighted by molar-refractivity contribution is -0.161. The van der Waals surface area contributed by atoms with Crippen molar-refractivity contribution in [3.63, 3.8) is 0 Å². The number of carbonyl (C=O) groups is 2. The van der Waals surface area contributed by atoms with Crippen LogP contribution in [-0.2, 0) is 19.1 Å². The summed E-state index contributed by atoms with van der Waals surface area (Å²) in [6.07, 6.45) is 47.5. The molecule has 0 aromatic heterocycles. The average Bonchev–Trinajstić information content (AvgIpc) is 3.02. The minimum Gasteiger partial charge on any atom is -0.462 e. The van der Waals surface area contributed by atoms with E-state index in [4.69, 9.17) is 9.47 Å². The fourth-order valence-electron chi connectivity index (χ4n) is 3.89. The summed E-state index contributed by atoms with van der Waals surface area (Å²) in [5.74, 6) is -0.703.